The van der Waals surface area contributed by atoms with Gasteiger partial charge in [0.1, 0.15) is 5.75 Å². The van der Waals surface area contributed by atoms with E-state index in [1.54, 1.807) is 12.1 Å². The minimum atomic E-state index is -0.344. The highest BCUT2D eigenvalue weighted by Gasteiger charge is 2.17. The first-order chi connectivity index (χ1) is 13.5. The number of nitrogens with zero attached hydrogens (tertiary/aromatic N) is 1. The third kappa shape index (κ3) is 6.93. The zero-order valence-electron chi connectivity index (χ0n) is 17.7. The first-order valence-corrected chi connectivity index (χ1v) is 10.7. The largest absolute Gasteiger partial charge is 0.426 e. The molecular formula is C23H35FN2O2. The fraction of sp³-hybridized carbons (Fsp3) is 0.609. The lowest BCUT2D eigenvalue weighted by Gasteiger charge is -2.10. The number of aromatic nitrogens is 1. The second-order valence-corrected chi connectivity index (χ2v) is 7.85. The molecule has 0 fully saturated rings. The van der Waals surface area contributed by atoms with Crippen LogP contribution in [0.25, 0.3) is 10.9 Å². The summed E-state index contributed by atoms with van der Waals surface area (Å²) in [4.78, 5) is 17.1. The van der Waals surface area contributed by atoms with Crippen molar-refractivity contribution in [1.29, 1.82) is 0 Å². The highest BCUT2D eigenvalue weighted by atomic mass is 19.1. The van der Waals surface area contributed by atoms with Crippen LogP contribution in [0.1, 0.15) is 70.3 Å². The summed E-state index contributed by atoms with van der Waals surface area (Å²) in [5, 5.41) is 0.686. The van der Waals surface area contributed by atoms with Gasteiger partial charge >= 0.3 is 5.97 Å². The molecule has 0 amide bonds. The highest BCUT2D eigenvalue weighted by Crippen LogP contribution is 2.31. The maximum Gasteiger partial charge on any atom is 0.311 e. The van der Waals surface area contributed by atoms with Crippen LogP contribution in [0, 0.1) is 5.95 Å². The molecule has 0 aliphatic heterocycles. The van der Waals surface area contributed by atoms with Crippen LogP contribution in [0.15, 0.2) is 18.2 Å². The van der Waals surface area contributed by atoms with Crippen molar-refractivity contribution in [2.75, 3.05) is 20.6 Å². The van der Waals surface area contributed by atoms with Crippen molar-refractivity contribution in [3.63, 3.8) is 0 Å². The fourth-order valence-corrected chi connectivity index (χ4v) is 3.48. The van der Waals surface area contributed by atoms with Crippen LogP contribution < -0.4 is 4.74 Å². The number of likely N-dealkylation sites (N-methyl/N-ethyl adjacent to an activating group) is 1. The van der Waals surface area contributed by atoms with Crippen LogP contribution in [0.2, 0.25) is 0 Å². The van der Waals surface area contributed by atoms with Crippen molar-refractivity contribution in [3.8, 4) is 5.75 Å². The molecule has 1 aromatic heterocycles. The van der Waals surface area contributed by atoms with Crippen molar-refractivity contribution in [3.05, 3.63) is 29.7 Å². The van der Waals surface area contributed by atoms with E-state index in [1.807, 2.05) is 25.1 Å². The Balaban J connectivity index is 1.88. The average molecular weight is 391 g/mol. The van der Waals surface area contributed by atoms with Crippen LogP contribution in [0.5, 0.6) is 5.75 Å². The molecule has 0 bridgehead atoms. The summed E-state index contributed by atoms with van der Waals surface area (Å²) >= 11 is 0. The minimum Gasteiger partial charge on any atom is -0.426 e. The van der Waals surface area contributed by atoms with Gasteiger partial charge in [-0.3, -0.25) is 4.79 Å². The number of halogens is 1. The number of nitrogens with one attached hydrogen (secondary N) is 1. The molecule has 28 heavy (non-hydrogen) atoms. The number of H-pyrrole nitrogens is 1. The fourth-order valence-electron chi connectivity index (χ4n) is 3.48. The lowest BCUT2D eigenvalue weighted by atomic mass is 10.1. The molecule has 1 N–H and O–H groups in total. The molecule has 0 aliphatic rings. The van der Waals surface area contributed by atoms with Gasteiger partial charge in [-0.25, -0.2) is 0 Å². The van der Waals surface area contributed by atoms with Gasteiger partial charge in [0.2, 0.25) is 0 Å². The molecule has 1 aromatic carbocycles. The summed E-state index contributed by atoms with van der Waals surface area (Å²) in [5.41, 5.74) is 1.25. The number of unbranched alkanes of at least 4 members (excludes halogenated alkanes) is 7. The molecule has 2 aromatic rings. The Morgan fingerprint density at radius 1 is 1.07 bits per heavy atom. The summed E-state index contributed by atoms with van der Waals surface area (Å²) in [7, 11) is 3.91. The van der Waals surface area contributed by atoms with E-state index < -0.39 is 0 Å². The van der Waals surface area contributed by atoms with Crippen LogP contribution in [-0.4, -0.2) is 36.5 Å². The summed E-state index contributed by atoms with van der Waals surface area (Å²) in [6.07, 6.45) is 10.5. The Bertz CT molecular complexity index is 740. The van der Waals surface area contributed by atoms with Crippen LogP contribution >= 0.6 is 0 Å². The Morgan fingerprint density at radius 3 is 2.43 bits per heavy atom. The average Bonchev–Trinajstić information content (AvgIpc) is 2.98. The van der Waals surface area contributed by atoms with Crippen molar-refractivity contribution >= 4 is 16.9 Å². The van der Waals surface area contributed by atoms with E-state index in [2.05, 4.69) is 11.9 Å². The number of fused-ring (bicyclic) bond motifs is 1. The minimum absolute atomic E-state index is 0.237. The Labute approximate surface area is 168 Å². The predicted octanol–water partition coefficient (Wildman–Crippen LogP) is 5.85. The van der Waals surface area contributed by atoms with Crippen LogP contribution in [-0.2, 0) is 11.2 Å². The smallest absolute Gasteiger partial charge is 0.311 e. The van der Waals surface area contributed by atoms with Crippen LogP contribution in [0.3, 0.4) is 0 Å². The standard InChI is InChI=1S/C23H35FN2O2/c1-4-5-6-7-8-9-10-11-15-21(27)28-20-14-12-13-19-22(20)18(23(24)25-19)16-17-26(2)3/h12-14,25H,4-11,15-17H2,1-3H3. The molecule has 156 valence electrons. The first kappa shape index (κ1) is 22.4. The topological polar surface area (TPSA) is 45.3 Å². The van der Waals surface area contributed by atoms with Gasteiger partial charge in [-0.1, -0.05) is 57.9 Å². The van der Waals surface area contributed by atoms with E-state index in [-0.39, 0.29) is 11.9 Å². The van der Waals surface area contributed by atoms with Gasteiger partial charge in [-0.15, -0.1) is 0 Å². The first-order valence-electron chi connectivity index (χ1n) is 10.7. The van der Waals surface area contributed by atoms with E-state index >= 15 is 0 Å². The molecule has 0 saturated carbocycles. The molecule has 0 unspecified atom stereocenters. The van der Waals surface area contributed by atoms with Crippen molar-refractivity contribution in [2.24, 2.45) is 0 Å². The van der Waals surface area contributed by atoms with Gasteiger partial charge in [0.15, 0.2) is 5.95 Å². The van der Waals surface area contributed by atoms with Gasteiger partial charge in [0.25, 0.3) is 0 Å². The van der Waals surface area contributed by atoms with Gasteiger partial charge in [-0.05, 0) is 39.1 Å². The zero-order valence-corrected chi connectivity index (χ0v) is 17.7. The van der Waals surface area contributed by atoms with Crippen molar-refractivity contribution < 1.29 is 13.9 Å². The number of esters is 1. The molecule has 1 heterocycles. The third-order valence-electron chi connectivity index (χ3n) is 5.10. The maximum atomic E-state index is 14.4. The predicted molar refractivity (Wildman–Crippen MR) is 113 cm³/mol. The maximum absolute atomic E-state index is 14.4. The van der Waals surface area contributed by atoms with E-state index in [9.17, 15) is 9.18 Å². The lowest BCUT2D eigenvalue weighted by Crippen LogP contribution is -2.15. The van der Waals surface area contributed by atoms with Gasteiger partial charge in [0, 0.05) is 23.9 Å². The van der Waals surface area contributed by atoms with Gasteiger partial charge in [-0.2, -0.15) is 4.39 Å². The molecule has 0 aliphatic carbocycles. The number of hydrogen-bond donors (Lipinski definition) is 1. The van der Waals surface area contributed by atoms with Crippen molar-refractivity contribution in [2.45, 2.75) is 71.1 Å². The number of ether oxygens (including phenoxy) is 1. The SMILES string of the molecule is CCCCCCCCCCC(=O)Oc1cccc2[nH]c(F)c(CCN(C)C)c12. The third-order valence-corrected chi connectivity index (χ3v) is 5.10. The van der Waals surface area contributed by atoms with E-state index in [4.69, 9.17) is 4.74 Å². The highest BCUT2D eigenvalue weighted by molar-refractivity contribution is 5.91. The molecule has 0 saturated heterocycles. The Kier molecular flexibility index (Phi) is 9.48. The van der Waals surface area contributed by atoms with Gasteiger partial charge in [0.05, 0.1) is 5.52 Å². The summed E-state index contributed by atoms with van der Waals surface area (Å²) in [6.45, 7) is 2.95. The van der Waals surface area contributed by atoms with Gasteiger partial charge < -0.3 is 14.6 Å². The van der Waals surface area contributed by atoms with E-state index in [0.717, 1.165) is 19.4 Å². The molecule has 4 nitrogen and oxygen atoms in total. The molecule has 5 heteroatoms. The Morgan fingerprint density at radius 2 is 1.75 bits per heavy atom. The normalized spacial score (nSPS) is 11.5. The van der Waals surface area contributed by atoms with E-state index in [0.29, 0.717) is 35.1 Å². The van der Waals surface area contributed by atoms with Crippen molar-refractivity contribution in [1.82, 2.24) is 9.88 Å². The molecule has 0 radical (unpaired) electrons. The number of hydrogen-bond acceptors (Lipinski definition) is 3. The molecular weight excluding hydrogens is 355 g/mol. The molecule has 0 spiro atoms. The summed E-state index contributed by atoms with van der Waals surface area (Å²) in [6, 6.07) is 5.35. The number of benzene rings is 1. The zero-order chi connectivity index (χ0) is 20.4. The summed E-state index contributed by atoms with van der Waals surface area (Å²) < 4.78 is 20.0. The number of rotatable bonds is 13. The monoisotopic (exact) mass is 390 g/mol. The number of aromatic amines is 1. The Hall–Kier alpha value is -1.88. The summed E-state index contributed by atoms with van der Waals surface area (Å²) in [5.74, 6) is -0.127. The van der Waals surface area contributed by atoms with Crippen LogP contribution in [0.4, 0.5) is 4.39 Å². The number of carbonyl (C=O) groups is 1. The number of carbonyl (C=O) groups excluding carboxylic acids is 1. The lowest BCUT2D eigenvalue weighted by molar-refractivity contribution is -0.134. The molecule has 0 atom stereocenters. The second-order valence-electron chi connectivity index (χ2n) is 7.85. The molecule has 2 rings (SSSR count). The second kappa shape index (κ2) is 11.8. The quantitative estimate of drug-likeness (QED) is 0.265. The van der Waals surface area contributed by atoms with E-state index in [1.165, 1.54) is 38.5 Å².